The lowest BCUT2D eigenvalue weighted by atomic mass is 10.2. The number of nitrogens with zero attached hydrogens (tertiary/aromatic N) is 2. The van der Waals surface area contributed by atoms with Crippen molar-refractivity contribution in [3.63, 3.8) is 0 Å². The molecule has 0 atom stereocenters. The number of rotatable bonds is 7. The Morgan fingerprint density at radius 2 is 1.89 bits per heavy atom. The largest absolute Gasteiger partial charge is 0.301 e. The van der Waals surface area contributed by atoms with E-state index in [0.717, 1.165) is 29.6 Å². The van der Waals surface area contributed by atoms with Gasteiger partial charge in [0.05, 0.1) is 11.2 Å². The van der Waals surface area contributed by atoms with Gasteiger partial charge in [0.1, 0.15) is 0 Å². The SMILES string of the molecule is CN(CCCCCBr)Cc1ccc2ccccc2n1. The fraction of sp³-hybridized carbons (Fsp3) is 0.438. The van der Waals surface area contributed by atoms with E-state index in [1.807, 2.05) is 6.07 Å². The van der Waals surface area contributed by atoms with Gasteiger partial charge in [0.25, 0.3) is 0 Å². The minimum atomic E-state index is 0.930. The van der Waals surface area contributed by atoms with E-state index in [9.17, 15) is 0 Å². The first kappa shape index (κ1) is 14.5. The van der Waals surface area contributed by atoms with Crippen LogP contribution in [-0.2, 0) is 6.54 Å². The van der Waals surface area contributed by atoms with Gasteiger partial charge in [0, 0.05) is 17.3 Å². The molecule has 0 spiro atoms. The second-order valence-corrected chi connectivity index (χ2v) is 5.78. The first-order valence-corrected chi connectivity index (χ1v) is 8.01. The summed E-state index contributed by atoms with van der Waals surface area (Å²) < 4.78 is 0. The Morgan fingerprint density at radius 3 is 2.74 bits per heavy atom. The summed E-state index contributed by atoms with van der Waals surface area (Å²) in [6.45, 7) is 2.07. The maximum atomic E-state index is 4.71. The number of aromatic nitrogens is 1. The first-order valence-electron chi connectivity index (χ1n) is 6.89. The Balaban J connectivity index is 1.89. The molecule has 1 aromatic carbocycles. The number of benzene rings is 1. The van der Waals surface area contributed by atoms with E-state index < -0.39 is 0 Å². The maximum Gasteiger partial charge on any atom is 0.0705 e. The van der Waals surface area contributed by atoms with E-state index >= 15 is 0 Å². The van der Waals surface area contributed by atoms with Crippen molar-refractivity contribution in [1.82, 2.24) is 9.88 Å². The molecule has 0 saturated heterocycles. The Bertz CT molecular complexity index is 513. The molecule has 2 aromatic rings. The van der Waals surface area contributed by atoms with E-state index in [2.05, 4.69) is 58.2 Å². The van der Waals surface area contributed by atoms with Gasteiger partial charge in [-0.1, -0.05) is 46.6 Å². The van der Waals surface area contributed by atoms with Crippen LogP contribution in [0.5, 0.6) is 0 Å². The molecule has 19 heavy (non-hydrogen) atoms. The second kappa shape index (κ2) is 7.61. The van der Waals surface area contributed by atoms with Gasteiger partial charge in [-0.15, -0.1) is 0 Å². The summed E-state index contributed by atoms with van der Waals surface area (Å²) in [5, 5.41) is 2.33. The predicted octanol–water partition coefficient (Wildman–Crippen LogP) is 4.23. The van der Waals surface area contributed by atoms with E-state index in [1.165, 1.54) is 24.6 Å². The Hall–Kier alpha value is -0.930. The van der Waals surface area contributed by atoms with Crippen molar-refractivity contribution in [1.29, 1.82) is 0 Å². The highest BCUT2D eigenvalue weighted by molar-refractivity contribution is 9.09. The van der Waals surface area contributed by atoms with E-state index in [-0.39, 0.29) is 0 Å². The number of hydrogen-bond acceptors (Lipinski definition) is 2. The molecule has 0 aliphatic heterocycles. The monoisotopic (exact) mass is 320 g/mol. The molecule has 0 bridgehead atoms. The molecule has 2 rings (SSSR count). The van der Waals surface area contributed by atoms with Crippen molar-refractivity contribution in [3.05, 3.63) is 42.1 Å². The van der Waals surface area contributed by atoms with Crippen LogP contribution in [0.3, 0.4) is 0 Å². The van der Waals surface area contributed by atoms with Crippen LogP contribution in [0.15, 0.2) is 36.4 Å². The van der Waals surface area contributed by atoms with Crippen molar-refractivity contribution in [2.75, 3.05) is 18.9 Å². The van der Waals surface area contributed by atoms with E-state index in [1.54, 1.807) is 0 Å². The standard InChI is InChI=1S/C16H21BrN2/c1-19(12-6-2-5-11-17)13-15-10-9-14-7-3-4-8-16(14)18-15/h3-4,7-10H,2,5-6,11-13H2,1H3. The zero-order valence-corrected chi connectivity index (χ0v) is 13.1. The first-order chi connectivity index (χ1) is 9.29. The number of fused-ring (bicyclic) bond motifs is 1. The molecular formula is C16H21BrN2. The number of alkyl halides is 1. The number of para-hydroxylation sites is 1. The van der Waals surface area contributed by atoms with Gasteiger partial charge in [0.15, 0.2) is 0 Å². The van der Waals surface area contributed by atoms with Crippen LogP contribution < -0.4 is 0 Å². The minimum Gasteiger partial charge on any atom is -0.301 e. The molecule has 102 valence electrons. The summed E-state index contributed by atoms with van der Waals surface area (Å²) in [5.41, 5.74) is 2.24. The fourth-order valence-corrected chi connectivity index (χ4v) is 2.60. The summed E-state index contributed by atoms with van der Waals surface area (Å²) >= 11 is 3.47. The molecule has 0 aliphatic carbocycles. The number of pyridine rings is 1. The van der Waals surface area contributed by atoms with Crippen LogP contribution in [-0.4, -0.2) is 28.8 Å². The number of halogens is 1. The molecule has 0 saturated carbocycles. The van der Waals surface area contributed by atoms with E-state index in [0.29, 0.717) is 0 Å². The summed E-state index contributed by atoms with van der Waals surface area (Å²) in [6.07, 6.45) is 3.82. The third-order valence-electron chi connectivity index (χ3n) is 3.26. The molecule has 0 fully saturated rings. The van der Waals surface area contributed by atoms with Crippen LogP contribution >= 0.6 is 15.9 Å². The van der Waals surface area contributed by atoms with Crippen LogP contribution in [0.2, 0.25) is 0 Å². The summed E-state index contributed by atoms with van der Waals surface area (Å²) in [5.74, 6) is 0. The zero-order valence-electron chi connectivity index (χ0n) is 11.5. The third-order valence-corrected chi connectivity index (χ3v) is 3.82. The lowest BCUT2D eigenvalue weighted by Crippen LogP contribution is -2.19. The van der Waals surface area contributed by atoms with Crippen LogP contribution in [0.25, 0.3) is 10.9 Å². The van der Waals surface area contributed by atoms with Gasteiger partial charge >= 0.3 is 0 Å². The second-order valence-electron chi connectivity index (χ2n) is 4.98. The molecule has 0 unspecified atom stereocenters. The third kappa shape index (κ3) is 4.59. The molecule has 0 amide bonds. The van der Waals surface area contributed by atoms with Gasteiger partial charge < -0.3 is 4.90 Å². The predicted molar refractivity (Wildman–Crippen MR) is 85.7 cm³/mol. The lowest BCUT2D eigenvalue weighted by Gasteiger charge is -2.16. The van der Waals surface area contributed by atoms with Gasteiger partial charge in [-0.05, 0) is 38.6 Å². The fourth-order valence-electron chi connectivity index (χ4n) is 2.20. The van der Waals surface area contributed by atoms with Crippen molar-refractivity contribution in [2.45, 2.75) is 25.8 Å². The van der Waals surface area contributed by atoms with Crippen molar-refractivity contribution < 1.29 is 0 Å². The van der Waals surface area contributed by atoms with Crippen molar-refractivity contribution in [2.24, 2.45) is 0 Å². The highest BCUT2D eigenvalue weighted by Crippen LogP contribution is 2.13. The minimum absolute atomic E-state index is 0.930. The van der Waals surface area contributed by atoms with Crippen molar-refractivity contribution >= 4 is 26.8 Å². The van der Waals surface area contributed by atoms with E-state index in [4.69, 9.17) is 4.98 Å². The molecular weight excluding hydrogens is 300 g/mol. The highest BCUT2D eigenvalue weighted by atomic mass is 79.9. The Morgan fingerprint density at radius 1 is 1.05 bits per heavy atom. The summed E-state index contributed by atoms with van der Waals surface area (Å²) in [4.78, 5) is 7.06. The molecule has 2 nitrogen and oxygen atoms in total. The number of unbranched alkanes of at least 4 members (excludes halogenated alkanes) is 2. The normalized spacial score (nSPS) is 11.3. The molecule has 1 heterocycles. The molecule has 1 aromatic heterocycles. The van der Waals surface area contributed by atoms with Gasteiger partial charge in [0.2, 0.25) is 0 Å². The zero-order chi connectivity index (χ0) is 13.5. The average Bonchev–Trinajstić information content (AvgIpc) is 2.43. The van der Waals surface area contributed by atoms with Crippen LogP contribution in [0, 0.1) is 0 Å². The molecule has 0 aliphatic rings. The molecule has 0 radical (unpaired) electrons. The van der Waals surface area contributed by atoms with Gasteiger partial charge in [-0.2, -0.15) is 0 Å². The Labute approximate surface area is 124 Å². The number of hydrogen-bond donors (Lipinski definition) is 0. The van der Waals surface area contributed by atoms with Crippen LogP contribution in [0.4, 0.5) is 0 Å². The average molecular weight is 321 g/mol. The lowest BCUT2D eigenvalue weighted by molar-refractivity contribution is 0.315. The topological polar surface area (TPSA) is 16.1 Å². The van der Waals surface area contributed by atoms with Crippen molar-refractivity contribution in [3.8, 4) is 0 Å². The maximum absolute atomic E-state index is 4.71. The quantitative estimate of drug-likeness (QED) is 0.560. The highest BCUT2D eigenvalue weighted by Gasteiger charge is 2.02. The molecule has 3 heteroatoms. The summed E-state index contributed by atoms with van der Waals surface area (Å²) in [6, 6.07) is 12.6. The van der Waals surface area contributed by atoms with Gasteiger partial charge in [-0.3, -0.25) is 4.98 Å². The van der Waals surface area contributed by atoms with Crippen LogP contribution in [0.1, 0.15) is 25.0 Å². The Kier molecular flexibility index (Phi) is 5.80. The smallest absolute Gasteiger partial charge is 0.0705 e. The summed E-state index contributed by atoms with van der Waals surface area (Å²) in [7, 11) is 2.17. The molecule has 0 N–H and O–H groups in total. The van der Waals surface area contributed by atoms with Gasteiger partial charge in [-0.25, -0.2) is 0 Å².